The number of para-hydroxylation sites is 1. The van der Waals surface area contributed by atoms with Crippen LogP contribution in [0.3, 0.4) is 0 Å². The van der Waals surface area contributed by atoms with E-state index in [1.165, 1.54) is 4.90 Å². The summed E-state index contributed by atoms with van der Waals surface area (Å²) in [4.78, 5) is 1.23. The largest absolute Gasteiger partial charge is 0.356 e. The summed E-state index contributed by atoms with van der Waals surface area (Å²) >= 11 is 1.76. The standard InChI is InChI=1S/C16H12N2S/c17-10-13(12-6-2-1-3-7-12)15-11-19-16-9-5-4-8-14(16)18-15/h1-9,18H,11H2/b15-13-. The summed E-state index contributed by atoms with van der Waals surface area (Å²) < 4.78 is 0. The molecule has 92 valence electrons. The molecule has 1 N–H and O–H groups in total. The summed E-state index contributed by atoms with van der Waals surface area (Å²) in [5.74, 6) is 0.800. The molecule has 0 saturated carbocycles. The van der Waals surface area contributed by atoms with Crippen LogP contribution >= 0.6 is 11.8 Å². The Hall–Kier alpha value is -2.18. The van der Waals surface area contributed by atoms with E-state index in [1.54, 1.807) is 11.8 Å². The molecule has 3 heteroatoms. The second kappa shape index (κ2) is 5.21. The number of nitriles is 1. The Balaban J connectivity index is 2.02. The van der Waals surface area contributed by atoms with Crippen molar-refractivity contribution in [3.8, 4) is 6.07 Å². The molecule has 0 bridgehead atoms. The molecule has 1 aliphatic heterocycles. The summed E-state index contributed by atoms with van der Waals surface area (Å²) in [5, 5.41) is 12.8. The van der Waals surface area contributed by atoms with Crippen molar-refractivity contribution in [1.82, 2.24) is 0 Å². The quantitative estimate of drug-likeness (QED) is 0.786. The van der Waals surface area contributed by atoms with Gasteiger partial charge in [0.15, 0.2) is 0 Å². The molecule has 0 fully saturated rings. The van der Waals surface area contributed by atoms with E-state index >= 15 is 0 Å². The van der Waals surface area contributed by atoms with Crippen molar-refractivity contribution in [1.29, 1.82) is 5.26 Å². The van der Waals surface area contributed by atoms with Crippen LogP contribution in [0.1, 0.15) is 5.56 Å². The maximum atomic E-state index is 9.42. The van der Waals surface area contributed by atoms with E-state index in [1.807, 2.05) is 48.5 Å². The van der Waals surface area contributed by atoms with Crippen LogP contribution in [0, 0.1) is 11.3 Å². The number of anilines is 1. The minimum atomic E-state index is 0.725. The van der Waals surface area contributed by atoms with Gasteiger partial charge < -0.3 is 5.32 Å². The summed E-state index contributed by atoms with van der Waals surface area (Å²) in [6.07, 6.45) is 0. The van der Waals surface area contributed by atoms with Gasteiger partial charge in [-0.3, -0.25) is 0 Å². The van der Waals surface area contributed by atoms with Crippen molar-refractivity contribution >= 4 is 23.0 Å². The molecule has 0 aromatic heterocycles. The SMILES string of the molecule is N#C/C(=C1\CSc2ccccc2N1)c1ccccc1. The second-order valence-electron chi connectivity index (χ2n) is 4.24. The molecule has 2 nitrogen and oxygen atoms in total. The van der Waals surface area contributed by atoms with Crippen molar-refractivity contribution in [3.05, 3.63) is 65.9 Å². The Kier molecular flexibility index (Phi) is 3.26. The average Bonchev–Trinajstić information content (AvgIpc) is 2.49. The highest BCUT2D eigenvalue weighted by molar-refractivity contribution is 7.99. The van der Waals surface area contributed by atoms with Gasteiger partial charge in [0.2, 0.25) is 0 Å². The zero-order chi connectivity index (χ0) is 13.1. The molecule has 0 saturated heterocycles. The van der Waals surface area contributed by atoms with Crippen LogP contribution in [0.15, 0.2) is 65.2 Å². The number of rotatable bonds is 1. The number of benzene rings is 2. The first-order valence-corrected chi connectivity index (χ1v) is 7.04. The van der Waals surface area contributed by atoms with Gasteiger partial charge in [-0.2, -0.15) is 5.26 Å². The minimum absolute atomic E-state index is 0.725. The van der Waals surface area contributed by atoms with Crippen molar-refractivity contribution in [2.24, 2.45) is 0 Å². The van der Waals surface area contributed by atoms with Crippen LogP contribution in [-0.2, 0) is 0 Å². The number of hydrogen-bond donors (Lipinski definition) is 1. The Bertz CT molecular complexity index is 669. The average molecular weight is 264 g/mol. The molecule has 0 spiro atoms. The minimum Gasteiger partial charge on any atom is -0.356 e. The first-order chi connectivity index (χ1) is 9.38. The maximum absolute atomic E-state index is 9.42. The predicted octanol–water partition coefficient (Wildman–Crippen LogP) is 4.14. The number of thioether (sulfide) groups is 1. The number of nitrogens with one attached hydrogen (secondary N) is 1. The lowest BCUT2D eigenvalue weighted by Gasteiger charge is -2.21. The first kappa shape index (κ1) is 11.9. The molecular weight excluding hydrogens is 252 g/mol. The third-order valence-corrected chi connectivity index (χ3v) is 4.12. The molecule has 0 aliphatic carbocycles. The number of nitrogens with zero attached hydrogens (tertiary/aromatic N) is 1. The lowest BCUT2D eigenvalue weighted by Crippen LogP contribution is -2.10. The predicted molar refractivity (Wildman–Crippen MR) is 79.8 cm³/mol. The lowest BCUT2D eigenvalue weighted by atomic mass is 10.1. The summed E-state index contributed by atoms with van der Waals surface area (Å²) in [7, 11) is 0. The zero-order valence-electron chi connectivity index (χ0n) is 10.3. The van der Waals surface area contributed by atoms with Crippen LogP contribution < -0.4 is 5.32 Å². The van der Waals surface area contributed by atoms with E-state index in [2.05, 4.69) is 17.5 Å². The monoisotopic (exact) mass is 264 g/mol. The third kappa shape index (κ3) is 2.35. The highest BCUT2D eigenvalue weighted by Crippen LogP contribution is 2.36. The van der Waals surface area contributed by atoms with Gasteiger partial charge in [-0.1, -0.05) is 42.5 Å². The number of allylic oxidation sites excluding steroid dienone is 1. The first-order valence-electron chi connectivity index (χ1n) is 6.06. The third-order valence-electron chi connectivity index (χ3n) is 3.02. The van der Waals surface area contributed by atoms with E-state index in [0.717, 1.165) is 28.3 Å². The van der Waals surface area contributed by atoms with E-state index in [-0.39, 0.29) is 0 Å². The van der Waals surface area contributed by atoms with E-state index in [9.17, 15) is 5.26 Å². The molecule has 1 heterocycles. The normalized spacial score (nSPS) is 15.9. The molecule has 0 unspecified atom stereocenters. The van der Waals surface area contributed by atoms with Gasteiger partial charge in [-0.05, 0) is 17.7 Å². The molecular formula is C16H12N2S. The summed E-state index contributed by atoms with van der Waals surface area (Å²) in [6, 6.07) is 20.3. The Labute approximate surface area is 116 Å². The molecule has 2 aromatic rings. The van der Waals surface area contributed by atoms with Gasteiger partial charge in [0.1, 0.15) is 6.07 Å². The van der Waals surface area contributed by atoms with Crippen LogP contribution in [0.5, 0.6) is 0 Å². The summed E-state index contributed by atoms with van der Waals surface area (Å²) in [6.45, 7) is 0. The van der Waals surface area contributed by atoms with Crippen LogP contribution in [-0.4, -0.2) is 5.75 Å². The van der Waals surface area contributed by atoms with Gasteiger partial charge >= 0.3 is 0 Å². The smallest absolute Gasteiger partial charge is 0.102 e. The fourth-order valence-electron chi connectivity index (χ4n) is 2.09. The fourth-order valence-corrected chi connectivity index (χ4v) is 3.06. The van der Waals surface area contributed by atoms with Gasteiger partial charge in [0.25, 0.3) is 0 Å². The van der Waals surface area contributed by atoms with Crippen molar-refractivity contribution < 1.29 is 0 Å². The van der Waals surface area contributed by atoms with Crippen LogP contribution in [0.25, 0.3) is 5.57 Å². The maximum Gasteiger partial charge on any atom is 0.102 e. The fraction of sp³-hybridized carbons (Fsp3) is 0.0625. The molecule has 1 aliphatic rings. The Morgan fingerprint density at radius 1 is 1.05 bits per heavy atom. The summed E-state index contributed by atoms with van der Waals surface area (Å²) in [5.41, 5.74) is 3.75. The van der Waals surface area contributed by atoms with E-state index < -0.39 is 0 Å². The van der Waals surface area contributed by atoms with Gasteiger partial charge in [-0.25, -0.2) is 0 Å². The topological polar surface area (TPSA) is 35.8 Å². The van der Waals surface area contributed by atoms with E-state index in [0.29, 0.717) is 0 Å². The Morgan fingerprint density at radius 3 is 2.58 bits per heavy atom. The van der Waals surface area contributed by atoms with Crippen LogP contribution in [0.4, 0.5) is 5.69 Å². The highest BCUT2D eigenvalue weighted by Gasteiger charge is 2.16. The van der Waals surface area contributed by atoms with E-state index in [4.69, 9.17) is 0 Å². The second-order valence-corrected chi connectivity index (χ2v) is 5.26. The molecule has 0 amide bonds. The zero-order valence-corrected chi connectivity index (χ0v) is 11.1. The van der Waals surface area contributed by atoms with Crippen LogP contribution in [0.2, 0.25) is 0 Å². The van der Waals surface area contributed by atoms with Crippen molar-refractivity contribution in [3.63, 3.8) is 0 Å². The van der Waals surface area contributed by atoms with Gasteiger partial charge in [-0.15, -0.1) is 11.8 Å². The number of fused-ring (bicyclic) bond motifs is 1. The van der Waals surface area contributed by atoms with Crippen molar-refractivity contribution in [2.75, 3.05) is 11.1 Å². The molecule has 19 heavy (non-hydrogen) atoms. The highest BCUT2D eigenvalue weighted by atomic mass is 32.2. The number of hydrogen-bond acceptors (Lipinski definition) is 3. The van der Waals surface area contributed by atoms with Crippen molar-refractivity contribution in [2.45, 2.75) is 4.90 Å². The molecule has 3 rings (SSSR count). The van der Waals surface area contributed by atoms with Gasteiger partial charge in [0, 0.05) is 16.3 Å². The lowest BCUT2D eigenvalue weighted by molar-refractivity contribution is 1.29. The molecule has 0 radical (unpaired) electrons. The Morgan fingerprint density at radius 2 is 1.79 bits per heavy atom. The molecule has 2 aromatic carbocycles. The van der Waals surface area contributed by atoms with Gasteiger partial charge in [0.05, 0.1) is 11.3 Å². The molecule has 0 atom stereocenters.